The van der Waals surface area contributed by atoms with Crippen LogP contribution < -0.4 is 0 Å². The molecule has 1 unspecified atom stereocenters. The lowest BCUT2D eigenvalue weighted by Gasteiger charge is -2.29. The number of furan rings is 1. The second-order valence-electron chi connectivity index (χ2n) is 5.99. The molecule has 0 aliphatic heterocycles. The highest BCUT2D eigenvalue weighted by Crippen LogP contribution is 2.45. The average Bonchev–Trinajstić information content (AvgIpc) is 3.04. The molecule has 3 heteroatoms. The Labute approximate surface area is 142 Å². The van der Waals surface area contributed by atoms with E-state index < -0.39 is 4.75 Å². The van der Waals surface area contributed by atoms with Gasteiger partial charge in [-0.05, 0) is 49.5 Å². The SMILES string of the molecule is C=CCC(SC)(C(=O)c1ccccc1)c1occ2c1CCCC2. The van der Waals surface area contributed by atoms with Gasteiger partial charge in [0.2, 0.25) is 0 Å². The number of allylic oxidation sites excluding steroid dienone is 1. The first-order chi connectivity index (χ1) is 11.2. The molecule has 0 fully saturated rings. The maximum atomic E-state index is 13.3. The predicted octanol–water partition coefficient (Wildman–Crippen LogP) is 5.18. The molecular formula is C20H22O2S. The molecule has 2 aromatic rings. The van der Waals surface area contributed by atoms with E-state index in [0.29, 0.717) is 6.42 Å². The van der Waals surface area contributed by atoms with E-state index in [1.165, 1.54) is 17.5 Å². The Bertz CT molecular complexity index is 702. The van der Waals surface area contributed by atoms with Crippen LogP contribution in [0, 0.1) is 0 Å². The topological polar surface area (TPSA) is 30.2 Å². The fourth-order valence-corrected chi connectivity index (χ4v) is 4.39. The molecule has 1 atom stereocenters. The normalized spacial score (nSPS) is 16.4. The van der Waals surface area contributed by atoms with Gasteiger partial charge < -0.3 is 4.42 Å². The lowest BCUT2D eigenvalue weighted by atomic mass is 9.85. The van der Waals surface area contributed by atoms with E-state index >= 15 is 0 Å². The number of hydrogen-bond donors (Lipinski definition) is 0. The summed E-state index contributed by atoms with van der Waals surface area (Å²) in [6, 6.07) is 9.50. The molecule has 0 radical (unpaired) electrons. The van der Waals surface area contributed by atoms with Crippen LogP contribution in [0.15, 0.2) is 53.7 Å². The van der Waals surface area contributed by atoms with Crippen LogP contribution in [-0.2, 0) is 17.6 Å². The molecule has 1 aromatic carbocycles. The molecule has 0 saturated carbocycles. The van der Waals surface area contributed by atoms with E-state index in [-0.39, 0.29) is 5.78 Å². The predicted molar refractivity (Wildman–Crippen MR) is 96.1 cm³/mol. The molecule has 1 aliphatic rings. The number of fused-ring (bicyclic) bond motifs is 1. The van der Waals surface area contributed by atoms with Gasteiger partial charge in [-0.1, -0.05) is 36.4 Å². The van der Waals surface area contributed by atoms with Crippen molar-refractivity contribution in [3.8, 4) is 0 Å². The molecule has 0 saturated heterocycles. The summed E-state index contributed by atoms with van der Waals surface area (Å²) in [5.41, 5.74) is 3.25. The first kappa shape index (κ1) is 16.1. The quantitative estimate of drug-likeness (QED) is 0.541. The molecule has 0 N–H and O–H groups in total. The van der Waals surface area contributed by atoms with Gasteiger partial charge in [0.15, 0.2) is 5.78 Å². The lowest BCUT2D eigenvalue weighted by molar-refractivity contribution is 0.0930. The summed E-state index contributed by atoms with van der Waals surface area (Å²) in [4.78, 5) is 13.3. The summed E-state index contributed by atoms with van der Waals surface area (Å²) in [6.45, 7) is 3.88. The van der Waals surface area contributed by atoms with Gasteiger partial charge in [0.25, 0.3) is 0 Å². The van der Waals surface area contributed by atoms with Gasteiger partial charge in [-0.15, -0.1) is 18.3 Å². The highest BCUT2D eigenvalue weighted by Gasteiger charge is 2.44. The second-order valence-corrected chi connectivity index (χ2v) is 7.10. The van der Waals surface area contributed by atoms with E-state index in [0.717, 1.165) is 30.6 Å². The minimum absolute atomic E-state index is 0.105. The van der Waals surface area contributed by atoms with Crippen molar-refractivity contribution in [1.82, 2.24) is 0 Å². The smallest absolute Gasteiger partial charge is 0.186 e. The molecule has 23 heavy (non-hydrogen) atoms. The zero-order valence-corrected chi connectivity index (χ0v) is 14.3. The Morgan fingerprint density at radius 1 is 1.30 bits per heavy atom. The Hall–Kier alpha value is -1.74. The van der Waals surface area contributed by atoms with Crippen molar-refractivity contribution in [1.29, 1.82) is 0 Å². The highest BCUT2D eigenvalue weighted by molar-refractivity contribution is 8.00. The van der Waals surface area contributed by atoms with Crippen molar-refractivity contribution < 1.29 is 9.21 Å². The number of carbonyl (C=O) groups is 1. The molecule has 1 aromatic heterocycles. The van der Waals surface area contributed by atoms with E-state index in [1.54, 1.807) is 11.8 Å². The molecule has 0 spiro atoms. The maximum absolute atomic E-state index is 13.3. The zero-order chi connectivity index (χ0) is 16.3. The Morgan fingerprint density at radius 3 is 2.74 bits per heavy atom. The van der Waals surface area contributed by atoms with Crippen molar-refractivity contribution in [2.45, 2.75) is 36.9 Å². The number of aryl methyl sites for hydroxylation is 1. The first-order valence-corrected chi connectivity index (χ1v) is 9.31. The van der Waals surface area contributed by atoms with Gasteiger partial charge >= 0.3 is 0 Å². The average molecular weight is 326 g/mol. The Kier molecular flexibility index (Phi) is 4.76. The number of thioether (sulfide) groups is 1. The minimum atomic E-state index is -0.714. The molecular weight excluding hydrogens is 304 g/mol. The van der Waals surface area contributed by atoms with Crippen LogP contribution in [0.5, 0.6) is 0 Å². The summed E-state index contributed by atoms with van der Waals surface area (Å²) in [7, 11) is 0. The number of carbonyl (C=O) groups excluding carboxylic acids is 1. The molecule has 2 nitrogen and oxygen atoms in total. The Balaban J connectivity index is 2.12. The van der Waals surface area contributed by atoms with Gasteiger partial charge in [0, 0.05) is 5.56 Å². The number of hydrogen-bond acceptors (Lipinski definition) is 3. The van der Waals surface area contributed by atoms with Crippen LogP contribution in [-0.4, -0.2) is 12.0 Å². The van der Waals surface area contributed by atoms with E-state index in [9.17, 15) is 4.79 Å². The molecule has 120 valence electrons. The van der Waals surface area contributed by atoms with Gasteiger partial charge in [-0.2, -0.15) is 0 Å². The van der Waals surface area contributed by atoms with Gasteiger partial charge in [-0.25, -0.2) is 0 Å². The molecule has 1 aliphatic carbocycles. The van der Waals surface area contributed by atoms with Gasteiger partial charge in [0.1, 0.15) is 10.5 Å². The van der Waals surface area contributed by atoms with E-state index in [1.807, 2.05) is 48.9 Å². The van der Waals surface area contributed by atoms with Crippen LogP contribution >= 0.6 is 11.8 Å². The van der Waals surface area contributed by atoms with Crippen molar-refractivity contribution in [3.63, 3.8) is 0 Å². The maximum Gasteiger partial charge on any atom is 0.186 e. The third-order valence-electron chi connectivity index (χ3n) is 4.65. The first-order valence-electron chi connectivity index (χ1n) is 8.08. The number of ketones is 1. The summed E-state index contributed by atoms with van der Waals surface area (Å²) in [5.74, 6) is 0.946. The fourth-order valence-electron chi connectivity index (χ4n) is 3.44. The molecule has 0 amide bonds. The number of Topliss-reactive ketones (excluding diaryl/α,β-unsaturated/α-hetero) is 1. The summed E-state index contributed by atoms with van der Waals surface area (Å²) < 4.78 is 5.27. The van der Waals surface area contributed by atoms with Crippen molar-refractivity contribution in [2.75, 3.05) is 6.26 Å². The largest absolute Gasteiger partial charge is 0.467 e. The van der Waals surface area contributed by atoms with E-state index in [2.05, 4.69) is 6.58 Å². The molecule has 1 heterocycles. The van der Waals surface area contributed by atoms with Crippen molar-refractivity contribution in [2.24, 2.45) is 0 Å². The number of rotatable bonds is 6. The summed E-state index contributed by atoms with van der Waals surface area (Å²) in [6.07, 6.45) is 10.7. The zero-order valence-electron chi connectivity index (χ0n) is 13.5. The highest BCUT2D eigenvalue weighted by atomic mass is 32.2. The number of benzene rings is 1. The van der Waals surface area contributed by atoms with Gasteiger partial charge in [0.05, 0.1) is 6.26 Å². The van der Waals surface area contributed by atoms with Crippen molar-refractivity contribution >= 4 is 17.5 Å². The van der Waals surface area contributed by atoms with E-state index in [4.69, 9.17) is 4.42 Å². The van der Waals surface area contributed by atoms with Crippen LogP contribution in [0.3, 0.4) is 0 Å². The fraction of sp³-hybridized carbons (Fsp3) is 0.350. The third kappa shape index (κ3) is 2.78. The molecule has 3 rings (SSSR count). The van der Waals surface area contributed by atoms with Crippen molar-refractivity contribution in [3.05, 3.63) is 71.7 Å². The molecule has 0 bridgehead atoms. The summed E-state index contributed by atoms with van der Waals surface area (Å²) in [5, 5.41) is 0. The summed E-state index contributed by atoms with van der Waals surface area (Å²) >= 11 is 1.56. The minimum Gasteiger partial charge on any atom is -0.467 e. The third-order valence-corrected chi connectivity index (χ3v) is 5.89. The Morgan fingerprint density at radius 2 is 2.04 bits per heavy atom. The second kappa shape index (κ2) is 6.79. The van der Waals surface area contributed by atoms with Crippen LogP contribution in [0.1, 0.15) is 46.5 Å². The van der Waals surface area contributed by atoms with Crippen LogP contribution in [0.4, 0.5) is 0 Å². The monoisotopic (exact) mass is 326 g/mol. The van der Waals surface area contributed by atoms with Crippen LogP contribution in [0.2, 0.25) is 0 Å². The van der Waals surface area contributed by atoms with Crippen LogP contribution in [0.25, 0.3) is 0 Å². The lowest BCUT2D eigenvalue weighted by Crippen LogP contribution is -2.33. The van der Waals surface area contributed by atoms with Gasteiger partial charge in [-0.3, -0.25) is 4.79 Å². The standard InChI is InChI=1S/C20H22O2S/c1-3-13-20(23-2,18(21)15-9-5-4-6-10-15)19-17-12-8-7-11-16(17)14-22-19/h3-6,9-10,14H,1,7-8,11-13H2,2H3.